The molecule has 1 N–H and O–H groups in total. The topological polar surface area (TPSA) is 24.9 Å². The summed E-state index contributed by atoms with van der Waals surface area (Å²) < 4.78 is 0.922. The van der Waals surface area contributed by atoms with Crippen molar-refractivity contribution < 1.29 is 0 Å². The molecule has 0 saturated heterocycles. The maximum absolute atomic E-state index is 5.85. The molecule has 17 heavy (non-hydrogen) atoms. The highest BCUT2D eigenvalue weighted by atomic mass is 79.9. The van der Waals surface area contributed by atoms with Crippen molar-refractivity contribution in [2.75, 3.05) is 5.32 Å². The number of aromatic nitrogens is 1. The average molecular weight is 320 g/mol. The summed E-state index contributed by atoms with van der Waals surface area (Å²) in [5, 5.41) is 4.05. The Morgan fingerprint density at radius 2 is 2.18 bits per heavy atom. The lowest BCUT2D eigenvalue weighted by Crippen LogP contribution is -2.16. The van der Waals surface area contributed by atoms with Crippen LogP contribution in [0.4, 0.5) is 5.82 Å². The first kappa shape index (κ1) is 14.8. The Bertz CT molecular complexity index is 344. The van der Waals surface area contributed by atoms with Gasteiger partial charge < -0.3 is 5.32 Å². The molecular formula is C13H20BrClN2. The molecule has 1 atom stereocenters. The molecule has 1 rings (SSSR count). The number of rotatable bonds is 7. The number of anilines is 1. The average Bonchev–Trinajstić information content (AvgIpc) is 2.28. The maximum Gasteiger partial charge on any atom is 0.140 e. The molecule has 0 aliphatic rings. The lowest BCUT2D eigenvalue weighted by molar-refractivity contribution is 0.593. The van der Waals surface area contributed by atoms with E-state index in [2.05, 4.69) is 40.1 Å². The van der Waals surface area contributed by atoms with Crippen LogP contribution in [0.2, 0.25) is 5.02 Å². The molecule has 1 aromatic heterocycles. The van der Waals surface area contributed by atoms with E-state index in [0.29, 0.717) is 11.1 Å². The third kappa shape index (κ3) is 5.73. The predicted molar refractivity (Wildman–Crippen MR) is 78.8 cm³/mol. The van der Waals surface area contributed by atoms with E-state index in [0.717, 1.165) is 10.3 Å². The normalized spacial score (nSPS) is 12.5. The fourth-order valence-electron chi connectivity index (χ4n) is 1.70. The number of halogens is 2. The Hall–Kier alpha value is -0.280. The Kier molecular flexibility index (Phi) is 6.90. The van der Waals surface area contributed by atoms with E-state index in [1.165, 1.54) is 32.1 Å². The summed E-state index contributed by atoms with van der Waals surface area (Å²) in [6.07, 6.45) is 8.04. The van der Waals surface area contributed by atoms with Crippen molar-refractivity contribution in [3.63, 3.8) is 0 Å². The molecule has 0 radical (unpaired) electrons. The fourth-order valence-corrected chi connectivity index (χ4v) is 2.46. The molecule has 0 aliphatic carbocycles. The lowest BCUT2D eigenvalue weighted by Gasteiger charge is -2.15. The number of hydrogen-bond acceptors (Lipinski definition) is 2. The third-order valence-electron chi connectivity index (χ3n) is 2.68. The minimum atomic E-state index is 0.442. The van der Waals surface area contributed by atoms with Crippen molar-refractivity contribution in [3.8, 4) is 0 Å². The SMILES string of the molecule is CCCCCCC(C)Nc1ncc(Cl)cc1Br. The van der Waals surface area contributed by atoms with E-state index in [4.69, 9.17) is 11.6 Å². The van der Waals surface area contributed by atoms with Gasteiger partial charge in [0.05, 0.1) is 9.50 Å². The van der Waals surface area contributed by atoms with Gasteiger partial charge in [-0.2, -0.15) is 0 Å². The van der Waals surface area contributed by atoms with Crippen molar-refractivity contribution >= 4 is 33.3 Å². The minimum absolute atomic E-state index is 0.442. The third-order valence-corrected chi connectivity index (χ3v) is 3.49. The molecule has 1 heterocycles. The van der Waals surface area contributed by atoms with Gasteiger partial charge in [-0.05, 0) is 35.3 Å². The Morgan fingerprint density at radius 3 is 2.82 bits per heavy atom. The van der Waals surface area contributed by atoms with E-state index < -0.39 is 0 Å². The van der Waals surface area contributed by atoms with E-state index in [1.54, 1.807) is 6.20 Å². The zero-order valence-corrected chi connectivity index (χ0v) is 12.8. The smallest absolute Gasteiger partial charge is 0.140 e. The van der Waals surface area contributed by atoms with Crippen LogP contribution in [-0.2, 0) is 0 Å². The molecule has 1 unspecified atom stereocenters. The fraction of sp³-hybridized carbons (Fsp3) is 0.615. The predicted octanol–water partition coefficient (Wildman–Crippen LogP) is 5.27. The molecule has 0 aliphatic heterocycles. The van der Waals surface area contributed by atoms with Gasteiger partial charge in [-0.3, -0.25) is 0 Å². The number of unbranched alkanes of at least 4 members (excludes halogenated alkanes) is 3. The monoisotopic (exact) mass is 318 g/mol. The van der Waals surface area contributed by atoms with Crippen LogP contribution >= 0.6 is 27.5 Å². The van der Waals surface area contributed by atoms with E-state index in [1.807, 2.05) is 6.07 Å². The molecule has 0 amide bonds. The molecule has 0 fully saturated rings. The van der Waals surface area contributed by atoms with Crippen LogP contribution in [0.5, 0.6) is 0 Å². The summed E-state index contributed by atoms with van der Waals surface area (Å²) in [7, 11) is 0. The number of pyridine rings is 1. The van der Waals surface area contributed by atoms with Crippen LogP contribution < -0.4 is 5.32 Å². The Morgan fingerprint density at radius 1 is 1.41 bits per heavy atom. The number of hydrogen-bond donors (Lipinski definition) is 1. The van der Waals surface area contributed by atoms with Gasteiger partial charge in [-0.25, -0.2) is 4.98 Å². The van der Waals surface area contributed by atoms with Crippen LogP contribution in [0.3, 0.4) is 0 Å². The van der Waals surface area contributed by atoms with Gasteiger partial charge in [-0.15, -0.1) is 0 Å². The van der Waals surface area contributed by atoms with Crippen LogP contribution in [-0.4, -0.2) is 11.0 Å². The maximum atomic E-state index is 5.85. The standard InChI is InChI=1S/C13H20BrClN2/c1-3-4-5-6-7-10(2)17-13-12(14)8-11(15)9-16-13/h8-10H,3-7H2,1-2H3,(H,16,17). The van der Waals surface area contributed by atoms with Gasteiger partial charge >= 0.3 is 0 Å². The molecule has 4 heteroatoms. The van der Waals surface area contributed by atoms with Crippen molar-refractivity contribution in [3.05, 3.63) is 21.8 Å². The number of nitrogens with zero attached hydrogens (tertiary/aromatic N) is 1. The first-order valence-corrected chi connectivity index (χ1v) is 7.38. The van der Waals surface area contributed by atoms with E-state index in [-0.39, 0.29) is 0 Å². The van der Waals surface area contributed by atoms with Crippen LogP contribution in [0, 0.1) is 0 Å². The second-order valence-electron chi connectivity index (χ2n) is 4.38. The zero-order valence-electron chi connectivity index (χ0n) is 10.5. The molecule has 0 saturated carbocycles. The summed E-state index contributed by atoms with van der Waals surface area (Å²) in [4.78, 5) is 4.27. The van der Waals surface area contributed by atoms with Crippen molar-refractivity contribution in [2.24, 2.45) is 0 Å². The zero-order chi connectivity index (χ0) is 12.7. The lowest BCUT2D eigenvalue weighted by atomic mass is 10.1. The molecule has 0 spiro atoms. The summed E-state index contributed by atoms with van der Waals surface area (Å²) in [5.41, 5.74) is 0. The Labute approximate surface area is 117 Å². The van der Waals surface area contributed by atoms with Gasteiger partial charge in [0.2, 0.25) is 0 Å². The summed E-state index contributed by atoms with van der Waals surface area (Å²) in [5.74, 6) is 0.873. The van der Waals surface area contributed by atoms with Crippen LogP contribution in [0.25, 0.3) is 0 Å². The van der Waals surface area contributed by atoms with Crippen molar-refractivity contribution in [1.82, 2.24) is 4.98 Å². The first-order valence-electron chi connectivity index (χ1n) is 6.21. The van der Waals surface area contributed by atoms with Crippen molar-refractivity contribution in [2.45, 2.75) is 52.0 Å². The second kappa shape index (κ2) is 7.93. The Balaban J connectivity index is 2.37. The second-order valence-corrected chi connectivity index (χ2v) is 5.67. The van der Waals surface area contributed by atoms with Gasteiger partial charge in [0.1, 0.15) is 5.82 Å². The highest BCUT2D eigenvalue weighted by Gasteiger charge is 2.06. The van der Waals surface area contributed by atoms with Crippen LogP contribution in [0.15, 0.2) is 16.7 Å². The first-order chi connectivity index (χ1) is 8.13. The van der Waals surface area contributed by atoms with E-state index >= 15 is 0 Å². The molecule has 2 nitrogen and oxygen atoms in total. The molecular weight excluding hydrogens is 300 g/mol. The quantitative estimate of drug-likeness (QED) is 0.693. The summed E-state index contributed by atoms with van der Waals surface area (Å²) >= 11 is 9.31. The van der Waals surface area contributed by atoms with Crippen LogP contribution in [0.1, 0.15) is 46.0 Å². The molecule has 0 bridgehead atoms. The van der Waals surface area contributed by atoms with E-state index in [9.17, 15) is 0 Å². The largest absolute Gasteiger partial charge is 0.367 e. The number of nitrogens with one attached hydrogen (secondary N) is 1. The van der Waals surface area contributed by atoms with Gasteiger partial charge in [-0.1, -0.05) is 44.2 Å². The molecule has 96 valence electrons. The van der Waals surface area contributed by atoms with Crippen molar-refractivity contribution in [1.29, 1.82) is 0 Å². The highest BCUT2D eigenvalue weighted by molar-refractivity contribution is 9.10. The van der Waals surface area contributed by atoms with Gasteiger partial charge in [0, 0.05) is 12.2 Å². The highest BCUT2D eigenvalue weighted by Crippen LogP contribution is 2.24. The summed E-state index contributed by atoms with van der Waals surface area (Å²) in [6, 6.07) is 2.30. The van der Waals surface area contributed by atoms with Gasteiger partial charge in [0.25, 0.3) is 0 Å². The summed E-state index contributed by atoms with van der Waals surface area (Å²) in [6.45, 7) is 4.42. The molecule has 1 aromatic rings. The molecule has 0 aromatic carbocycles. The minimum Gasteiger partial charge on any atom is -0.367 e. The van der Waals surface area contributed by atoms with Gasteiger partial charge in [0.15, 0.2) is 0 Å².